The van der Waals surface area contributed by atoms with Gasteiger partial charge in [-0.05, 0) is 68.2 Å². The van der Waals surface area contributed by atoms with E-state index in [-0.39, 0.29) is 11.4 Å². The summed E-state index contributed by atoms with van der Waals surface area (Å²) in [5.41, 5.74) is 2.14. The fraction of sp³-hybridized carbons (Fsp3) is 0.520. The third-order valence-corrected chi connectivity index (χ3v) is 8.16. The second-order valence-corrected chi connectivity index (χ2v) is 10.2. The maximum absolute atomic E-state index is 13.8. The topological polar surface area (TPSA) is 46.9 Å². The monoisotopic (exact) mass is 439 g/mol. The Morgan fingerprint density at radius 3 is 2.84 bits per heavy atom. The van der Waals surface area contributed by atoms with Gasteiger partial charge in [0.25, 0.3) is 5.56 Å². The Labute approximate surface area is 186 Å². The molecule has 0 bridgehead atoms. The van der Waals surface area contributed by atoms with Gasteiger partial charge in [0.15, 0.2) is 0 Å². The first-order chi connectivity index (χ1) is 15.2. The summed E-state index contributed by atoms with van der Waals surface area (Å²) >= 11 is 1.68. The Balaban J connectivity index is 1.27. The molecule has 31 heavy (non-hydrogen) atoms. The van der Waals surface area contributed by atoms with Crippen LogP contribution in [0.1, 0.15) is 54.5 Å². The van der Waals surface area contributed by atoms with Gasteiger partial charge in [-0.15, -0.1) is 11.3 Å². The molecular weight excluding hydrogens is 409 g/mol. The molecule has 0 saturated heterocycles. The van der Waals surface area contributed by atoms with E-state index in [1.54, 1.807) is 23.7 Å². The zero-order valence-corrected chi connectivity index (χ0v) is 18.7. The average molecular weight is 440 g/mol. The minimum Gasteiger partial charge on any atom is -0.313 e. The highest BCUT2D eigenvalue weighted by molar-refractivity contribution is 7.18. The molecule has 4 nitrogen and oxygen atoms in total. The van der Waals surface area contributed by atoms with Gasteiger partial charge >= 0.3 is 0 Å². The molecule has 2 aromatic heterocycles. The first kappa shape index (κ1) is 20.8. The van der Waals surface area contributed by atoms with E-state index in [1.165, 1.54) is 48.6 Å². The van der Waals surface area contributed by atoms with Crippen molar-refractivity contribution in [2.45, 2.75) is 70.4 Å². The molecule has 0 unspecified atom stereocenters. The lowest BCUT2D eigenvalue weighted by Crippen LogP contribution is -2.35. The average Bonchev–Trinajstić information content (AvgIpc) is 3.16. The van der Waals surface area contributed by atoms with Gasteiger partial charge in [0.05, 0.1) is 11.7 Å². The molecular formula is C25H30FN3OS. The van der Waals surface area contributed by atoms with Crippen molar-refractivity contribution in [2.75, 3.05) is 6.54 Å². The highest BCUT2D eigenvalue weighted by atomic mass is 32.1. The fourth-order valence-corrected chi connectivity index (χ4v) is 6.52. The molecule has 164 valence electrons. The minimum absolute atomic E-state index is 0.129. The number of nitrogens with one attached hydrogen (secondary N) is 1. The zero-order valence-electron chi connectivity index (χ0n) is 17.9. The van der Waals surface area contributed by atoms with Crippen molar-refractivity contribution in [1.29, 1.82) is 0 Å². The summed E-state index contributed by atoms with van der Waals surface area (Å²) in [6.45, 7) is 1.57. The SMILES string of the molecule is O=c1c2c3c(sc2ncn1CC1CCCCC1)C[C@H](NCCc1ccccc1F)CC3. The standard InChI is InChI=1S/C25H30FN3OS/c26-21-9-5-4-8-18(21)12-13-27-19-10-11-20-22(14-19)31-24-23(20)25(30)29(16-28-24)15-17-6-2-1-3-7-17/h4-5,8-9,16-17,19,27H,1-3,6-7,10-15H2/t19-/m1/s1. The number of aromatic nitrogens is 2. The molecule has 2 aliphatic rings. The van der Waals surface area contributed by atoms with Gasteiger partial charge in [0, 0.05) is 17.5 Å². The molecule has 2 heterocycles. The summed E-state index contributed by atoms with van der Waals surface area (Å²) in [4.78, 5) is 20.1. The van der Waals surface area contributed by atoms with Crippen LogP contribution in [0.4, 0.5) is 4.39 Å². The van der Waals surface area contributed by atoms with E-state index in [0.717, 1.165) is 48.1 Å². The second kappa shape index (κ2) is 9.21. The molecule has 1 aromatic carbocycles. The van der Waals surface area contributed by atoms with Crippen LogP contribution in [0.3, 0.4) is 0 Å². The van der Waals surface area contributed by atoms with Crippen LogP contribution < -0.4 is 10.9 Å². The molecule has 1 atom stereocenters. The Morgan fingerprint density at radius 1 is 1.16 bits per heavy atom. The van der Waals surface area contributed by atoms with Gasteiger partial charge in [0.1, 0.15) is 10.6 Å². The van der Waals surface area contributed by atoms with Crippen LogP contribution in [0.2, 0.25) is 0 Å². The van der Waals surface area contributed by atoms with Crippen molar-refractivity contribution >= 4 is 21.6 Å². The number of nitrogens with zero attached hydrogens (tertiary/aromatic N) is 2. The third-order valence-electron chi connectivity index (χ3n) is 7.00. The highest BCUT2D eigenvalue weighted by Gasteiger charge is 2.25. The van der Waals surface area contributed by atoms with Crippen molar-refractivity contribution in [3.63, 3.8) is 0 Å². The minimum atomic E-state index is -0.129. The molecule has 1 saturated carbocycles. The Kier molecular flexibility index (Phi) is 6.19. The third kappa shape index (κ3) is 4.46. The smallest absolute Gasteiger partial charge is 0.262 e. The summed E-state index contributed by atoms with van der Waals surface area (Å²) in [6, 6.07) is 7.36. The predicted molar refractivity (Wildman–Crippen MR) is 124 cm³/mol. The van der Waals surface area contributed by atoms with Gasteiger partial charge in [-0.1, -0.05) is 37.5 Å². The van der Waals surface area contributed by atoms with Crippen molar-refractivity contribution in [2.24, 2.45) is 5.92 Å². The highest BCUT2D eigenvalue weighted by Crippen LogP contribution is 2.34. The molecule has 6 heteroatoms. The lowest BCUT2D eigenvalue weighted by Gasteiger charge is -2.24. The van der Waals surface area contributed by atoms with Gasteiger partial charge in [-0.2, -0.15) is 0 Å². The van der Waals surface area contributed by atoms with Crippen LogP contribution in [-0.4, -0.2) is 22.1 Å². The Hall–Kier alpha value is -2.05. The maximum Gasteiger partial charge on any atom is 0.262 e. The molecule has 1 fully saturated rings. The van der Waals surface area contributed by atoms with E-state index >= 15 is 0 Å². The van der Waals surface area contributed by atoms with Crippen LogP contribution in [0, 0.1) is 11.7 Å². The number of aryl methyl sites for hydroxylation is 1. The van der Waals surface area contributed by atoms with Crippen LogP contribution >= 0.6 is 11.3 Å². The van der Waals surface area contributed by atoms with Gasteiger partial charge in [-0.25, -0.2) is 9.37 Å². The first-order valence-corrected chi connectivity index (χ1v) is 12.5. The van der Waals surface area contributed by atoms with Gasteiger partial charge in [0.2, 0.25) is 0 Å². The molecule has 3 aromatic rings. The van der Waals surface area contributed by atoms with Crippen LogP contribution in [0.5, 0.6) is 0 Å². The summed E-state index contributed by atoms with van der Waals surface area (Å²) in [5.74, 6) is 0.485. The van der Waals surface area contributed by atoms with Crippen LogP contribution in [-0.2, 0) is 25.8 Å². The quantitative estimate of drug-likeness (QED) is 0.596. The van der Waals surface area contributed by atoms with Crippen molar-refractivity contribution < 1.29 is 4.39 Å². The number of hydrogen-bond acceptors (Lipinski definition) is 4. The summed E-state index contributed by atoms with van der Waals surface area (Å²) in [7, 11) is 0. The van der Waals surface area contributed by atoms with E-state index in [2.05, 4.69) is 10.3 Å². The number of thiophene rings is 1. The lowest BCUT2D eigenvalue weighted by atomic mass is 9.89. The largest absolute Gasteiger partial charge is 0.313 e. The number of hydrogen-bond donors (Lipinski definition) is 1. The number of halogens is 1. The Morgan fingerprint density at radius 2 is 2.00 bits per heavy atom. The van der Waals surface area contributed by atoms with E-state index in [1.807, 2.05) is 16.7 Å². The maximum atomic E-state index is 13.8. The number of fused-ring (bicyclic) bond motifs is 3. The Bertz CT molecular complexity index is 1120. The van der Waals surface area contributed by atoms with Gasteiger partial charge < -0.3 is 5.32 Å². The second-order valence-electron chi connectivity index (χ2n) is 9.13. The molecule has 0 radical (unpaired) electrons. The molecule has 2 aliphatic carbocycles. The number of benzene rings is 1. The van der Waals surface area contributed by atoms with Crippen LogP contribution in [0.25, 0.3) is 10.2 Å². The predicted octanol–water partition coefficient (Wildman–Crippen LogP) is 4.87. The van der Waals surface area contributed by atoms with Crippen LogP contribution in [0.15, 0.2) is 35.4 Å². The molecule has 1 N–H and O–H groups in total. The lowest BCUT2D eigenvalue weighted by molar-refractivity contribution is 0.315. The molecule has 0 aliphatic heterocycles. The van der Waals surface area contributed by atoms with E-state index in [0.29, 0.717) is 18.4 Å². The summed E-state index contributed by atoms with van der Waals surface area (Å²) in [6.07, 6.45) is 11.7. The summed E-state index contributed by atoms with van der Waals surface area (Å²) < 4.78 is 15.7. The first-order valence-electron chi connectivity index (χ1n) is 11.7. The zero-order chi connectivity index (χ0) is 21.2. The van der Waals surface area contributed by atoms with Crippen molar-refractivity contribution in [3.05, 3.63) is 62.8 Å². The number of rotatable bonds is 6. The van der Waals surface area contributed by atoms with Crippen molar-refractivity contribution in [3.8, 4) is 0 Å². The molecule has 0 spiro atoms. The van der Waals surface area contributed by atoms with E-state index in [9.17, 15) is 9.18 Å². The normalized spacial score (nSPS) is 19.6. The van der Waals surface area contributed by atoms with E-state index in [4.69, 9.17) is 0 Å². The van der Waals surface area contributed by atoms with E-state index < -0.39 is 0 Å². The summed E-state index contributed by atoms with van der Waals surface area (Å²) in [5, 5.41) is 4.46. The molecule has 5 rings (SSSR count). The molecule has 0 amide bonds. The fourth-order valence-electron chi connectivity index (χ4n) is 5.27. The van der Waals surface area contributed by atoms with Gasteiger partial charge in [-0.3, -0.25) is 9.36 Å². The van der Waals surface area contributed by atoms with Crippen molar-refractivity contribution in [1.82, 2.24) is 14.9 Å².